The van der Waals surface area contributed by atoms with Gasteiger partial charge in [-0.05, 0) is 29.8 Å². The second-order valence-electron chi connectivity index (χ2n) is 4.34. The molecule has 0 spiro atoms. The first kappa shape index (κ1) is 11.5. The Morgan fingerprint density at radius 1 is 0.842 bits per heavy atom. The number of aromatic hydroxyl groups is 2. The van der Waals surface area contributed by atoms with Crippen molar-refractivity contribution < 1.29 is 20.1 Å². The van der Waals surface area contributed by atoms with E-state index in [0.717, 1.165) is 5.56 Å². The number of phenols is 2. The SMILES string of the molecule is OC1=C(c2ccc(O)cc2)COc2cc(O)ccc21. The molecule has 1 aliphatic rings. The number of phenolic OH excluding ortho intramolecular Hbond substituents is 2. The molecule has 0 unspecified atom stereocenters. The van der Waals surface area contributed by atoms with Crippen molar-refractivity contribution in [1.29, 1.82) is 0 Å². The standard InChI is InChI=1S/C15H12O4/c16-10-3-1-9(2-4-10)13-8-19-14-7-11(17)5-6-12(14)15(13)18/h1-7,16-18H,8H2. The van der Waals surface area contributed by atoms with Gasteiger partial charge < -0.3 is 20.1 Å². The van der Waals surface area contributed by atoms with Crippen molar-refractivity contribution in [3.63, 3.8) is 0 Å². The highest BCUT2D eigenvalue weighted by Gasteiger charge is 2.21. The lowest BCUT2D eigenvalue weighted by Crippen LogP contribution is -2.10. The number of aliphatic hydroxyl groups excluding tert-OH is 1. The molecule has 0 amide bonds. The Morgan fingerprint density at radius 2 is 1.53 bits per heavy atom. The smallest absolute Gasteiger partial charge is 0.134 e. The van der Waals surface area contributed by atoms with Gasteiger partial charge in [0.2, 0.25) is 0 Å². The third-order valence-electron chi connectivity index (χ3n) is 3.09. The van der Waals surface area contributed by atoms with Crippen LogP contribution < -0.4 is 4.74 Å². The van der Waals surface area contributed by atoms with Crippen LogP contribution in [-0.4, -0.2) is 21.9 Å². The lowest BCUT2D eigenvalue weighted by Gasteiger charge is -2.21. The van der Waals surface area contributed by atoms with E-state index in [9.17, 15) is 15.3 Å². The number of benzene rings is 2. The summed E-state index contributed by atoms with van der Waals surface area (Å²) in [4.78, 5) is 0. The van der Waals surface area contributed by atoms with Gasteiger partial charge in [0.1, 0.15) is 29.6 Å². The predicted octanol–water partition coefficient (Wildman–Crippen LogP) is 2.92. The van der Waals surface area contributed by atoms with Gasteiger partial charge in [0, 0.05) is 11.6 Å². The van der Waals surface area contributed by atoms with Crippen LogP contribution in [0.15, 0.2) is 42.5 Å². The Balaban J connectivity index is 2.10. The lowest BCUT2D eigenvalue weighted by molar-refractivity contribution is 0.351. The Bertz CT molecular complexity index is 656. The number of fused-ring (bicyclic) bond motifs is 1. The van der Waals surface area contributed by atoms with Crippen molar-refractivity contribution in [3.8, 4) is 17.2 Å². The summed E-state index contributed by atoms with van der Waals surface area (Å²) >= 11 is 0. The average molecular weight is 256 g/mol. The normalized spacial score (nSPS) is 13.9. The molecule has 0 fully saturated rings. The van der Waals surface area contributed by atoms with Crippen LogP contribution in [-0.2, 0) is 0 Å². The first-order valence-electron chi connectivity index (χ1n) is 5.83. The van der Waals surface area contributed by atoms with Gasteiger partial charge in [-0.3, -0.25) is 0 Å². The predicted molar refractivity (Wildman–Crippen MR) is 71.2 cm³/mol. The molecule has 19 heavy (non-hydrogen) atoms. The molecule has 3 N–H and O–H groups in total. The molecule has 0 aromatic heterocycles. The fraction of sp³-hybridized carbons (Fsp3) is 0.0667. The van der Waals surface area contributed by atoms with Crippen molar-refractivity contribution in [2.45, 2.75) is 0 Å². The maximum atomic E-state index is 10.3. The zero-order chi connectivity index (χ0) is 13.4. The number of hydrogen-bond donors (Lipinski definition) is 3. The minimum absolute atomic E-state index is 0.0969. The van der Waals surface area contributed by atoms with E-state index in [-0.39, 0.29) is 23.9 Å². The summed E-state index contributed by atoms with van der Waals surface area (Å²) < 4.78 is 5.53. The van der Waals surface area contributed by atoms with Crippen LogP contribution >= 0.6 is 0 Å². The summed E-state index contributed by atoms with van der Waals surface area (Å²) in [6, 6.07) is 11.1. The highest BCUT2D eigenvalue weighted by molar-refractivity contribution is 5.90. The molecule has 0 radical (unpaired) electrons. The molecule has 0 aliphatic carbocycles. The van der Waals surface area contributed by atoms with Crippen LogP contribution in [0.5, 0.6) is 17.2 Å². The quantitative estimate of drug-likeness (QED) is 0.733. The van der Waals surface area contributed by atoms with E-state index in [1.165, 1.54) is 12.1 Å². The summed E-state index contributed by atoms with van der Waals surface area (Å²) in [5, 5.41) is 28.9. The summed E-state index contributed by atoms with van der Waals surface area (Å²) in [7, 11) is 0. The highest BCUT2D eigenvalue weighted by atomic mass is 16.5. The molecular weight excluding hydrogens is 244 g/mol. The molecule has 0 bridgehead atoms. The number of rotatable bonds is 1. The Morgan fingerprint density at radius 3 is 2.26 bits per heavy atom. The van der Waals surface area contributed by atoms with Gasteiger partial charge in [-0.2, -0.15) is 0 Å². The summed E-state index contributed by atoms with van der Waals surface area (Å²) in [5.74, 6) is 0.859. The third kappa shape index (κ3) is 1.97. The van der Waals surface area contributed by atoms with E-state index in [1.807, 2.05) is 0 Å². The molecule has 1 heterocycles. The fourth-order valence-electron chi connectivity index (χ4n) is 2.09. The Kier molecular flexibility index (Phi) is 2.56. The van der Waals surface area contributed by atoms with E-state index in [2.05, 4.69) is 0 Å². The second-order valence-corrected chi connectivity index (χ2v) is 4.34. The minimum Gasteiger partial charge on any atom is -0.508 e. The molecule has 0 atom stereocenters. The van der Waals surface area contributed by atoms with Gasteiger partial charge in [-0.15, -0.1) is 0 Å². The van der Waals surface area contributed by atoms with Crippen LogP contribution in [0.3, 0.4) is 0 Å². The van der Waals surface area contributed by atoms with Crippen LogP contribution in [0.25, 0.3) is 11.3 Å². The van der Waals surface area contributed by atoms with E-state index in [0.29, 0.717) is 16.9 Å². The van der Waals surface area contributed by atoms with E-state index in [4.69, 9.17) is 4.74 Å². The van der Waals surface area contributed by atoms with Gasteiger partial charge in [0.25, 0.3) is 0 Å². The molecule has 2 aromatic rings. The molecule has 2 aromatic carbocycles. The van der Waals surface area contributed by atoms with Crippen LogP contribution in [0.2, 0.25) is 0 Å². The van der Waals surface area contributed by atoms with Crippen LogP contribution in [0.1, 0.15) is 11.1 Å². The molecule has 4 nitrogen and oxygen atoms in total. The summed E-state index contributed by atoms with van der Waals surface area (Å²) in [6.45, 7) is 0.215. The molecule has 1 aliphatic heterocycles. The maximum Gasteiger partial charge on any atom is 0.134 e. The Labute approximate surface area is 109 Å². The second kappa shape index (κ2) is 4.24. The van der Waals surface area contributed by atoms with Crippen LogP contribution in [0, 0.1) is 0 Å². The first-order chi connectivity index (χ1) is 9.15. The van der Waals surface area contributed by atoms with Gasteiger partial charge in [-0.1, -0.05) is 12.1 Å². The molecule has 0 saturated heterocycles. The number of hydrogen-bond acceptors (Lipinski definition) is 4. The zero-order valence-electron chi connectivity index (χ0n) is 10.00. The third-order valence-corrected chi connectivity index (χ3v) is 3.09. The average Bonchev–Trinajstić information content (AvgIpc) is 2.40. The molecule has 96 valence electrons. The first-order valence-corrected chi connectivity index (χ1v) is 5.83. The van der Waals surface area contributed by atoms with Gasteiger partial charge in [-0.25, -0.2) is 0 Å². The Hall–Kier alpha value is -2.62. The topological polar surface area (TPSA) is 69.9 Å². The molecule has 3 rings (SSSR count). The number of ether oxygens (including phenoxy) is 1. The van der Waals surface area contributed by atoms with Gasteiger partial charge >= 0.3 is 0 Å². The number of aliphatic hydroxyl groups is 1. The molecular formula is C15H12O4. The highest BCUT2D eigenvalue weighted by Crippen LogP contribution is 2.37. The van der Waals surface area contributed by atoms with Crippen molar-refractivity contribution in [2.75, 3.05) is 6.61 Å². The zero-order valence-corrected chi connectivity index (χ0v) is 10.00. The monoisotopic (exact) mass is 256 g/mol. The summed E-state index contributed by atoms with van der Waals surface area (Å²) in [5.41, 5.74) is 1.99. The van der Waals surface area contributed by atoms with Gasteiger partial charge in [0.05, 0.1) is 5.56 Å². The van der Waals surface area contributed by atoms with Crippen LogP contribution in [0.4, 0.5) is 0 Å². The summed E-state index contributed by atoms with van der Waals surface area (Å²) in [6.07, 6.45) is 0. The van der Waals surface area contributed by atoms with Crippen molar-refractivity contribution in [1.82, 2.24) is 0 Å². The van der Waals surface area contributed by atoms with E-state index in [1.54, 1.807) is 30.3 Å². The maximum absolute atomic E-state index is 10.3. The lowest BCUT2D eigenvalue weighted by atomic mass is 9.99. The van der Waals surface area contributed by atoms with Gasteiger partial charge in [0.15, 0.2) is 0 Å². The van der Waals surface area contributed by atoms with E-state index >= 15 is 0 Å². The fourth-order valence-corrected chi connectivity index (χ4v) is 2.09. The molecule has 4 heteroatoms. The van der Waals surface area contributed by atoms with Crippen molar-refractivity contribution in [2.24, 2.45) is 0 Å². The largest absolute Gasteiger partial charge is 0.508 e. The van der Waals surface area contributed by atoms with Crippen molar-refractivity contribution >= 4 is 11.3 Å². The molecule has 0 saturated carbocycles. The van der Waals surface area contributed by atoms with Crippen molar-refractivity contribution in [3.05, 3.63) is 53.6 Å². The minimum atomic E-state index is 0.0969. The van der Waals surface area contributed by atoms with E-state index < -0.39 is 0 Å².